The Morgan fingerprint density at radius 3 is 2.58 bits per heavy atom. The van der Waals surface area contributed by atoms with Crippen LogP contribution in [0, 0.1) is 6.92 Å². The minimum atomic E-state index is -0.661. The molecule has 6 heteroatoms. The third kappa shape index (κ3) is 3.34. The van der Waals surface area contributed by atoms with Gasteiger partial charge < -0.3 is 5.32 Å². The highest BCUT2D eigenvalue weighted by Crippen LogP contribution is 2.32. The van der Waals surface area contributed by atoms with Crippen LogP contribution in [0.3, 0.4) is 0 Å². The Hall–Kier alpha value is -1.43. The van der Waals surface area contributed by atoms with Gasteiger partial charge in [-0.2, -0.15) is 0 Å². The number of hydrogen-bond acceptors (Lipinski definition) is 3. The lowest BCUT2D eigenvalue weighted by molar-refractivity contribution is -0.120. The number of aryl methyl sites for hydroxylation is 1. The number of nitrogens with one attached hydrogen (secondary N) is 1. The molecule has 0 bridgehead atoms. The average molecular weight is 424 g/mol. The highest BCUT2D eigenvalue weighted by molar-refractivity contribution is 9.10. The van der Waals surface area contributed by atoms with Crippen LogP contribution in [0.2, 0.25) is 5.02 Å². The van der Waals surface area contributed by atoms with E-state index in [1.807, 2.05) is 57.2 Å². The molecule has 3 rings (SSSR count). The molecule has 0 aliphatic rings. The summed E-state index contributed by atoms with van der Waals surface area (Å²) in [5, 5.41) is 4.20. The number of anilines is 1. The smallest absolute Gasteiger partial charge is 0.236 e. The lowest BCUT2D eigenvalue weighted by Crippen LogP contribution is -2.34. The summed E-state index contributed by atoms with van der Waals surface area (Å²) in [6.07, 6.45) is 0. The largest absolute Gasteiger partial charge is 0.301 e. The third-order valence-corrected chi connectivity index (χ3v) is 5.89. The first-order valence-electron chi connectivity index (χ1n) is 7.41. The molecule has 1 N–H and O–H groups in total. The first-order chi connectivity index (χ1) is 11.3. The fourth-order valence-corrected chi connectivity index (χ4v) is 3.72. The van der Waals surface area contributed by atoms with Crippen LogP contribution >= 0.6 is 38.9 Å². The zero-order valence-corrected chi connectivity index (χ0v) is 16.6. The molecule has 24 heavy (non-hydrogen) atoms. The molecule has 3 aromatic rings. The third-order valence-electron chi connectivity index (χ3n) is 4.02. The van der Waals surface area contributed by atoms with Crippen molar-refractivity contribution in [1.29, 1.82) is 0 Å². The predicted octanol–water partition coefficient (Wildman–Crippen LogP) is 5.94. The van der Waals surface area contributed by atoms with Crippen molar-refractivity contribution in [1.82, 2.24) is 4.98 Å². The van der Waals surface area contributed by atoms with Crippen LogP contribution in [0.5, 0.6) is 0 Å². The Balaban J connectivity index is 1.87. The highest BCUT2D eigenvalue weighted by atomic mass is 79.9. The normalized spacial score (nSPS) is 11.7. The zero-order valence-electron chi connectivity index (χ0n) is 13.5. The number of halogens is 2. The van der Waals surface area contributed by atoms with Gasteiger partial charge in [-0.1, -0.05) is 51.0 Å². The van der Waals surface area contributed by atoms with Crippen molar-refractivity contribution in [2.24, 2.45) is 0 Å². The molecule has 1 amide bonds. The van der Waals surface area contributed by atoms with Gasteiger partial charge in [0, 0.05) is 9.50 Å². The molecule has 0 saturated heterocycles. The summed E-state index contributed by atoms with van der Waals surface area (Å²) in [4.78, 5) is 17.2. The van der Waals surface area contributed by atoms with E-state index in [0.29, 0.717) is 10.2 Å². The van der Waals surface area contributed by atoms with Gasteiger partial charge in [-0.25, -0.2) is 4.98 Å². The average Bonchev–Trinajstić information content (AvgIpc) is 2.89. The molecule has 1 aromatic heterocycles. The molecule has 0 aliphatic carbocycles. The number of hydrogen-bond donors (Lipinski definition) is 1. The molecule has 0 spiro atoms. The van der Waals surface area contributed by atoms with Crippen molar-refractivity contribution >= 4 is 60.1 Å². The van der Waals surface area contributed by atoms with Gasteiger partial charge in [0.15, 0.2) is 5.13 Å². The number of nitrogens with zero attached hydrogens (tertiary/aromatic N) is 1. The molecule has 2 aromatic carbocycles. The van der Waals surface area contributed by atoms with E-state index in [0.717, 1.165) is 25.8 Å². The summed E-state index contributed by atoms with van der Waals surface area (Å²) in [6.45, 7) is 5.76. The molecule has 0 fully saturated rings. The molecular formula is C18H16BrClN2OS. The van der Waals surface area contributed by atoms with E-state index in [4.69, 9.17) is 11.6 Å². The summed E-state index contributed by atoms with van der Waals surface area (Å²) >= 11 is 11.0. The Morgan fingerprint density at radius 1 is 1.25 bits per heavy atom. The number of rotatable bonds is 3. The van der Waals surface area contributed by atoms with Crippen molar-refractivity contribution in [3.8, 4) is 0 Å². The van der Waals surface area contributed by atoms with Crippen molar-refractivity contribution in [3.63, 3.8) is 0 Å². The van der Waals surface area contributed by atoms with Crippen LogP contribution in [0.1, 0.15) is 25.0 Å². The van der Waals surface area contributed by atoms with E-state index < -0.39 is 5.41 Å². The van der Waals surface area contributed by atoms with E-state index in [1.54, 1.807) is 0 Å². The quantitative estimate of drug-likeness (QED) is 0.566. The molecule has 3 nitrogen and oxygen atoms in total. The van der Waals surface area contributed by atoms with Gasteiger partial charge in [-0.3, -0.25) is 4.79 Å². The topological polar surface area (TPSA) is 42.0 Å². The summed E-state index contributed by atoms with van der Waals surface area (Å²) in [5.74, 6) is -0.0910. The molecule has 0 aliphatic heterocycles. The van der Waals surface area contributed by atoms with Crippen LogP contribution in [-0.4, -0.2) is 10.9 Å². The summed E-state index contributed by atoms with van der Waals surface area (Å²) < 4.78 is 1.99. The molecule has 0 atom stereocenters. The van der Waals surface area contributed by atoms with Crippen LogP contribution in [0.4, 0.5) is 5.13 Å². The number of aromatic nitrogens is 1. The molecule has 124 valence electrons. The van der Waals surface area contributed by atoms with E-state index in [-0.39, 0.29) is 5.91 Å². The summed E-state index contributed by atoms with van der Waals surface area (Å²) in [6, 6.07) is 11.6. The van der Waals surface area contributed by atoms with Crippen LogP contribution in [-0.2, 0) is 10.2 Å². The van der Waals surface area contributed by atoms with Crippen LogP contribution in [0.15, 0.2) is 40.9 Å². The van der Waals surface area contributed by atoms with Crippen molar-refractivity contribution < 1.29 is 4.79 Å². The zero-order chi connectivity index (χ0) is 17.5. The van der Waals surface area contributed by atoms with Crippen LogP contribution < -0.4 is 5.32 Å². The summed E-state index contributed by atoms with van der Waals surface area (Å²) in [7, 11) is 0. The summed E-state index contributed by atoms with van der Waals surface area (Å²) in [5.41, 5.74) is 2.09. The Bertz CT molecular complexity index is 880. The second-order valence-electron chi connectivity index (χ2n) is 6.17. The predicted molar refractivity (Wildman–Crippen MR) is 105 cm³/mol. The second kappa shape index (κ2) is 6.47. The number of carbonyl (C=O) groups excluding carboxylic acids is 1. The molecule has 1 heterocycles. The standard InChI is InChI=1S/C18H16BrClN2OS/c1-10-8-15-14(9-13(10)20)21-17(24-15)22-16(23)18(2,3)11-4-6-12(19)7-5-11/h4-9H,1-3H3,(H,21,22,23). The minimum absolute atomic E-state index is 0.0910. The fraction of sp³-hybridized carbons (Fsp3) is 0.222. The van der Waals surface area contributed by atoms with E-state index in [1.165, 1.54) is 11.3 Å². The van der Waals surface area contributed by atoms with Gasteiger partial charge in [-0.15, -0.1) is 0 Å². The molecule has 0 unspecified atom stereocenters. The van der Waals surface area contributed by atoms with Gasteiger partial charge in [0.1, 0.15) is 0 Å². The highest BCUT2D eigenvalue weighted by Gasteiger charge is 2.30. The molecule has 0 radical (unpaired) electrons. The minimum Gasteiger partial charge on any atom is -0.301 e. The van der Waals surface area contributed by atoms with E-state index in [9.17, 15) is 4.79 Å². The Morgan fingerprint density at radius 2 is 1.92 bits per heavy atom. The van der Waals surface area contributed by atoms with Crippen molar-refractivity contribution in [2.45, 2.75) is 26.2 Å². The van der Waals surface area contributed by atoms with E-state index >= 15 is 0 Å². The number of fused-ring (bicyclic) bond motifs is 1. The second-order valence-corrected chi connectivity index (χ2v) is 8.53. The van der Waals surface area contributed by atoms with Crippen molar-refractivity contribution in [2.75, 3.05) is 5.32 Å². The van der Waals surface area contributed by atoms with Gasteiger partial charge in [0.2, 0.25) is 5.91 Å². The maximum Gasteiger partial charge on any atom is 0.236 e. The number of benzene rings is 2. The maximum atomic E-state index is 12.7. The van der Waals surface area contributed by atoms with Crippen molar-refractivity contribution in [3.05, 3.63) is 57.0 Å². The van der Waals surface area contributed by atoms with Gasteiger partial charge >= 0.3 is 0 Å². The molecular weight excluding hydrogens is 408 g/mol. The first kappa shape index (κ1) is 17.4. The van der Waals surface area contributed by atoms with Gasteiger partial charge in [-0.05, 0) is 56.2 Å². The molecule has 0 saturated carbocycles. The lowest BCUT2D eigenvalue weighted by atomic mass is 9.84. The fourth-order valence-electron chi connectivity index (χ4n) is 2.35. The maximum absolute atomic E-state index is 12.7. The number of thiazole rings is 1. The van der Waals surface area contributed by atoms with Gasteiger partial charge in [0.25, 0.3) is 0 Å². The Kier molecular flexibility index (Phi) is 4.69. The number of carbonyl (C=O) groups is 1. The van der Waals surface area contributed by atoms with Gasteiger partial charge in [0.05, 0.1) is 15.6 Å². The monoisotopic (exact) mass is 422 g/mol. The lowest BCUT2D eigenvalue weighted by Gasteiger charge is -2.23. The van der Waals surface area contributed by atoms with Crippen LogP contribution in [0.25, 0.3) is 10.2 Å². The van der Waals surface area contributed by atoms with E-state index in [2.05, 4.69) is 26.2 Å². The number of amides is 1. The SMILES string of the molecule is Cc1cc2sc(NC(=O)C(C)(C)c3ccc(Br)cc3)nc2cc1Cl. The Labute approximate surface area is 158 Å². The first-order valence-corrected chi connectivity index (χ1v) is 9.40.